The number of carbonyl (C=O) groups excluding carboxylic acids is 2. The van der Waals surface area contributed by atoms with Gasteiger partial charge in [-0.1, -0.05) is 32.0 Å². The zero-order valence-electron chi connectivity index (χ0n) is 16.9. The van der Waals surface area contributed by atoms with Crippen molar-refractivity contribution in [2.24, 2.45) is 0 Å². The molecule has 28 heavy (non-hydrogen) atoms. The van der Waals surface area contributed by atoms with Gasteiger partial charge in [-0.2, -0.15) is 0 Å². The number of anilines is 2. The number of para-hydroxylation sites is 1. The number of aryl methyl sites for hydroxylation is 2. The van der Waals surface area contributed by atoms with Gasteiger partial charge in [-0.05, 0) is 55.2 Å². The molecule has 0 unspecified atom stereocenters. The van der Waals surface area contributed by atoms with Crippen molar-refractivity contribution in [3.8, 4) is 5.75 Å². The number of carbonyl (C=O) groups is 2. The molecule has 0 aliphatic carbocycles. The number of ether oxygens (including phenoxy) is 1. The van der Waals surface area contributed by atoms with E-state index in [1.54, 1.807) is 31.4 Å². The minimum absolute atomic E-state index is 0.0853. The van der Waals surface area contributed by atoms with Crippen molar-refractivity contribution in [1.82, 2.24) is 0 Å². The van der Waals surface area contributed by atoms with E-state index in [4.69, 9.17) is 4.74 Å². The first-order valence-corrected chi connectivity index (χ1v) is 10.5. The predicted molar refractivity (Wildman–Crippen MR) is 117 cm³/mol. The number of nitrogens with one attached hydrogen (secondary N) is 2. The Hall–Kier alpha value is -2.47. The second-order valence-corrected chi connectivity index (χ2v) is 7.71. The monoisotopic (exact) mass is 400 g/mol. The summed E-state index contributed by atoms with van der Waals surface area (Å²) in [7, 11) is 1.60. The van der Waals surface area contributed by atoms with E-state index in [1.165, 1.54) is 11.8 Å². The number of amides is 2. The molecule has 2 aromatic rings. The molecule has 6 heteroatoms. The van der Waals surface area contributed by atoms with Crippen LogP contribution in [-0.4, -0.2) is 29.9 Å². The molecule has 2 N–H and O–H groups in total. The summed E-state index contributed by atoms with van der Waals surface area (Å²) in [6.07, 6.45) is 1.71. The molecule has 0 bridgehead atoms. The average Bonchev–Trinajstić information content (AvgIpc) is 2.72. The van der Waals surface area contributed by atoms with Gasteiger partial charge in [-0.15, -0.1) is 11.8 Å². The van der Waals surface area contributed by atoms with Crippen molar-refractivity contribution in [2.75, 3.05) is 23.5 Å². The maximum absolute atomic E-state index is 12.6. The second-order valence-electron chi connectivity index (χ2n) is 6.38. The molecule has 2 amide bonds. The van der Waals surface area contributed by atoms with Crippen molar-refractivity contribution < 1.29 is 14.3 Å². The van der Waals surface area contributed by atoms with Crippen LogP contribution in [0.5, 0.6) is 5.75 Å². The highest BCUT2D eigenvalue weighted by atomic mass is 32.2. The minimum Gasteiger partial charge on any atom is -0.497 e. The van der Waals surface area contributed by atoms with Crippen molar-refractivity contribution in [3.05, 3.63) is 53.6 Å². The summed E-state index contributed by atoms with van der Waals surface area (Å²) < 4.78 is 5.10. The van der Waals surface area contributed by atoms with Gasteiger partial charge in [0.2, 0.25) is 11.8 Å². The van der Waals surface area contributed by atoms with Crippen LogP contribution in [0.2, 0.25) is 0 Å². The number of rotatable bonds is 9. The number of hydrogen-bond acceptors (Lipinski definition) is 4. The van der Waals surface area contributed by atoms with Gasteiger partial charge in [0.05, 0.1) is 18.1 Å². The van der Waals surface area contributed by atoms with Crippen LogP contribution in [0.15, 0.2) is 42.5 Å². The Morgan fingerprint density at radius 3 is 2.14 bits per heavy atom. The van der Waals surface area contributed by atoms with E-state index in [0.29, 0.717) is 5.69 Å². The van der Waals surface area contributed by atoms with Crippen molar-refractivity contribution >= 4 is 35.0 Å². The Bertz CT molecular complexity index is 784. The Labute approximate surface area is 171 Å². The molecule has 0 aliphatic heterocycles. The standard InChI is InChI=1S/C22H28N2O3S/c1-5-16-8-7-9-17(6-2)21(16)24-22(26)15(3)28-14-20(25)23-18-10-12-19(27-4)13-11-18/h7-13,15H,5-6,14H2,1-4H3,(H,23,25)(H,24,26)/t15-/m1/s1. The molecule has 1 atom stereocenters. The van der Waals surface area contributed by atoms with Gasteiger partial charge in [0.1, 0.15) is 5.75 Å². The lowest BCUT2D eigenvalue weighted by atomic mass is 10.0. The van der Waals surface area contributed by atoms with E-state index >= 15 is 0 Å². The summed E-state index contributed by atoms with van der Waals surface area (Å²) in [5, 5.41) is 5.55. The van der Waals surface area contributed by atoms with Gasteiger partial charge in [0, 0.05) is 11.4 Å². The third-order valence-corrected chi connectivity index (χ3v) is 5.60. The first-order valence-electron chi connectivity index (χ1n) is 9.45. The highest BCUT2D eigenvalue weighted by molar-refractivity contribution is 8.01. The fraction of sp³-hybridized carbons (Fsp3) is 0.364. The molecular weight excluding hydrogens is 372 g/mol. The second kappa shape index (κ2) is 10.8. The average molecular weight is 401 g/mol. The van der Waals surface area contributed by atoms with Crippen LogP contribution in [-0.2, 0) is 22.4 Å². The van der Waals surface area contributed by atoms with E-state index in [2.05, 4.69) is 24.5 Å². The first-order chi connectivity index (χ1) is 13.5. The molecule has 0 saturated carbocycles. The molecule has 0 aromatic heterocycles. The third-order valence-electron chi connectivity index (χ3n) is 4.45. The zero-order valence-corrected chi connectivity index (χ0v) is 17.7. The fourth-order valence-corrected chi connectivity index (χ4v) is 3.46. The SMILES string of the molecule is CCc1cccc(CC)c1NC(=O)[C@@H](C)SCC(=O)Nc1ccc(OC)cc1. The molecule has 0 aliphatic rings. The van der Waals surface area contributed by atoms with Crippen LogP contribution in [0.25, 0.3) is 0 Å². The van der Waals surface area contributed by atoms with Crippen LogP contribution in [0.3, 0.4) is 0 Å². The van der Waals surface area contributed by atoms with Gasteiger partial charge >= 0.3 is 0 Å². The van der Waals surface area contributed by atoms with E-state index in [-0.39, 0.29) is 22.8 Å². The summed E-state index contributed by atoms with van der Waals surface area (Å²) >= 11 is 1.32. The van der Waals surface area contributed by atoms with E-state index < -0.39 is 0 Å². The molecule has 0 fully saturated rings. The summed E-state index contributed by atoms with van der Waals surface area (Å²) in [5.74, 6) is 0.712. The molecule has 150 valence electrons. The van der Waals surface area contributed by atoms with E-state index in [1.807, 2.05) is 25.1 Å². The van der Waals surface area contributed by atoms with Crippen LogP contribution in [0.1, 0.15) is 31.9 Å². The molecule has 5 nitrogen and oxygen atoms in total. The Morgan fingerprint density at radius 1 is 1.00 bits per heavy atom. The maximum Gasteiger partial charge on any atom is 0.237 e. The van der Waals surface area contributed by atoms with Crippen molar-refractivity contribution in [3.63, 3.8) is 0 Å². The molecule has 2 aromatic carbocycles. The zero-order chi connectivity index (χ0) is 20.5. The van der Waals surface area contributed by atoms with Crippen molar-refractivity contribution in [2.45, 2.75) is 38.9 Å². The highest BCUT2D eigenvalue weighted by Gasteiger charge is 2.18. The lowest BCUT2D eigenvalue weighted by Crippen LogP contribution is -2.26. The normalized spacial score (nSPS) is 11.6. The van der Waals surface area contributed by atoms with Crippen LogP contribution in [0, 0.1) is 0 Å². The maximum atomic E-state index is 12.6. The summed E-state index contributed by atoms with van der Waals surface area (Å²) in [5.41, 5.74) is 3.87. The fourth-order valence-electron chi connectivity index (χ4n) is 2.78. The Morgan fingerprint density at radius 2 is 1.61 bits per heavy atom. The first kappa shape index (κ1) is 21.8. The Kier molecular flexibility index (Phi) is 8.39. The van der Waals surface area contributed by atoms with Crippen LogP contribution >= 0.6 is 11.8 Å². The Balaban J connectivity index is 1.89. The molecule has 0 heterocycles. The molecule has 0 spiro atoms. The quantitative estimate of drug-likeness (QED) is 0.649. The van der Waals surface area contributed by atoms with Crippen LogP contribution < -0.4 is 15.4 Å². The van der Waals surface area contributed by atoms with Crippen molar-refractivity contribution in [1.29, 1.82) is 0 Å². The third kappa shape index (κ3) is 6.02. The van der Waals surface area contributed by atoms with Gasteiger partial charge in [0.15, 0.2) is 0 Å². The van der Waals surface area contributed by atoms with Gasteiger partial charge < -0.3 is 15.4 Å². The smallest absolute Gasteiger partial charge is 0.237 e. The number of benzene rings is 2. The molecule has 2 rings (SSSR count). The van der Waals surface area contributed by atoms with Gasteiger partial charge in [-0.3, -0.25) is 9.59 Å². The molecule has 0 radical (unpaired) electrons. The lowest BCUT2D eigenvalue weighted by molar-refractivity contribution is -0.115. The summed E-state index contributed by atoms with van der Waals surface area (Å²) in [4.78, 5) is 24.8. The minimum atomic E-state index is -0.337. The van der Waals surface area contributed by atoms with Gasteiger partial charge in [0.25, 0.3) is 0 Å². The highest BCUT2D eigenvalue weighted by Crippen LogP contribution is 2.24. The van der Waals surface area contributed by atoms with E-state index in [0.717, 1.165) is 35.4 Å². The van der Waals surface area contributed by atoms with E-state index in [9.17, 15) is 9.59 Å². The number of methoxy groups -OCH3 is 1. The van der Waals surface area contributed by atoms with Gasteiger partial charge in [-0.25, -0.2) is 0 Å². The molecule has 0 saturated heterocycles. The van der Waals surface area contributed by atoms with Crippen LogP contribution in [0.4, 0.5) is 11.4 Å². The topological polar surface area (TPSA) is 67.4 Å². The lowest BCUT2D eigenvalue weighted by Gasteiger charge is -2.17. The molecular formula is C22H28N2O3S. The summed E-state index contributed by atoms with van der Waals surface area (Å²) in [6, 6.07) is 13.2. The predicted octanol–water partition coefficient (Wildman–Crippen LogP) is 4.52. The number of hydrogen-bond donors (Lipinski definition) is 2. The number of thioether (sulfide) groups is 1. The largest absolute Gasteiger partial charge is 0.497 e. The summed E-state index contributed by atoms with van der Waals surface area (Å²) in [6.45, 7) is 5.97.